The van der Waals surface area contributed by atoms with Gasteiger partial charge in [0.05, 0.1) is 5.60 Å². The van der Waals surface area contributed by atoms with E-state index in [0.29, 0.717) is 19.6 Å². The van der Waals surface area contributed by atoms with Gasteiger partial charge in [-0.1, -0.05) is 0 Å². The maximum Gasteiger partial charge on any atom is 0.253 e. The highest BCUT2D eigenvalue weighted by atomic mass is 16.5. The number of amides is 3. The number of nitrogens with two attached hydrogens (primary N) is 1. The van der Waals surface area contributed by atoms with Gasteiger partial charge < -0.3 is 15.8 Å². The molecule has 24 heavy (non-hydrogen) atoms. The molecule has 1 rings (SSSR count). The Morgan fingerprint density at radius 2 is 1.75 bits per heavy atom. The lowest BCUT2D eigenvalue weighted by molar-refractivity contribution is -0.137. The number of carbonyl (C=O) groups is 3. The Bertz CT molecular complexity index is 494. The van der Waals surface area contributed by atoms with E-state index in [1.165, 1.54) is 12.2 Å². The minimum absolute atomic E-state index is 0.0854. The van der Waals surface area contributed by atoms with E-state index in [0.717, 1.165) is 11.3 Å². The SMILES string of the molecule is CC(C)(CCOC(C)(C)CCN)NC(=O)CCN1C(=O)C=CC1=O. The van der Waals surface area contributed by atoms with Crippen molar-refractivity contribution in [2.45, 2.75) is 58.1 Å². The second-order valence-electron chi connectivity index (χ2n) is 7.24. The second kappa shape index (κ2) is 8.39. The van der Waals surface area contributed by atoms with E-state index in [4.69, 9.17) is 10.5 Å². The first-order valence-corrected chi connectivity index (χ1v) is 8.25. The van der Waals surface area contributed by atoms with E-state index in [1.807, 2.05) is 27.7 Å². The zero-order valence-corrected chi connectivity index (χ0v) is 15.1. The molecule has 0 saturated carbocycles. The summed E-state index contributed by atoms with van der Waals surface area (Å²) in [7, 11) is 0. The molecule has 0 atom stereocenters. The van der Waals surface area contributed by atoms with Crippen LogP contribution in [0.25, 0.3) is 0 Å². The highest BCUT2D eigenvalue weighted by Gasteiger charge is 2.26. The number of nitrogens with one attached hydrogen (secondary N) is 1. The monoisotopic (exact) mass is 339 g/mol. The van der Waals surface area contributed by atoms with Crippen molar-refractivity contribution in [3.8, 4) is 0 Å². The van der Waals surface area contributed by atoms with Gasteiger partial charge >= 0.3 is 0 Å². The van der Waals surface area contributed by atoms with E-state index in [-0.39, 0.29) is 36.3 Å². The number of carbonyl (C=O) groups excluding carboxylic acids is 3. The first-order valence-electron chi connectivity index (χ1n) is 8.25. The predicted molar refractivity (Wildman–Crippen MR) is 91.0 cm³/mol. The number of hydrogen-bond donors (Lipinski definition) is 2. The summed E-state index contributed by atoms with van der Waals surface area (Å²) in [5.74, 6) is -0.945. The molecule has 7 heteroatoms. The average Bonchev–Trinajstić information content (AvgIpc) is 2.74. The maximum atomic E-state index is 12.1. The summed E-state index contributed by atoms with van der Waals surface area (Å²) in [5.41, 5.74) is 4.83. The summed E-state index contributed by atoms with van der Waals surface area (Å²) in [6.07, 6.45) is 3.93. The van der Waals surface area contributed by atoms with E-state index in [1.54, 1.807) is 0 Å². The first-order chi connectivity index (χ1) is 11.1. The van der Waals surface area contributed by atoms with Crippen LogP contribution in [0.15, 0.2) is 12.2 Å². The zero-order valence-electron chi connectivity index (χ0n) is 15.1. The third-order valence-electron chi connectivity index (χ3n) is 3.91. The molecule has 0 aromatic carbocycles. The number of hydrogen-bond acceptors (Lipinski definition) is 5. The number of ether oxygens (including phenoxy) is 1. The van der Waals surface area contributed by atoms with Crippen LogP contribution in [-0.2, 0) is 19.1 Å². The molecule has 0 spiro atoms. The molecular weight excluding hydrogens is 310 g/mol. The fraction of sp³-hybridized carbons (Fsp3) is 0.706. The van der Waals surface area contributed by atoms with Crippen molar-refractivity contribution < 1.29 is 19.1 Å². The molecule has 136 valence electrons. The molecular formula is C17H29N3O4. The van der Waals surface area contributed by atoms with Gasteiger partial charge in [-0.2, -0.15) is 0 Å². The van der Waals surface area contributed by atoms with Gasteiger partial charge in [0.25, 0.3) is 11.8 Å². The van der Waals surface area contributed by atoms with E-state index >= 15 is 0 Å². The van der Waals surface area contributed by atoms with Crippen LogP contribution in [0.2, 0.25) is 0 Å². The van der Waals surface area contributed by atoms with E-state index in [2.05, 4.69) is 5.32 Å². The van der Waals surface area contributed by atoms with E-state index in [9.17, 15) is 14.4 Å². The quantitative estimate of drug-likeness (QED) is 0.571. The minimum Gasteiger partial charge on any atom is -0.375 e. The molecule has 7 nitrogen and oxygen atoms in total. The van der Waals surface area contributed by atoms with Crippen molar-refractivity contribution in [2.24, 2.45) is 5.73 Å². The lowest BCUT2D eigenvalue weighted by atomic mass is 10.00. The van der Waals surface area contributed by atoms with Gasteiger partial charge in [0.15, 0.2) is 0 Å². The Morgan fingerprint density at radius 3 is 2.29 bits per heavy atom. The fourth-order valence-corrected chi connectivity index (χ4v) is 2.37. The van der Waals surface area contributed by atoms with Gasteiger partial charge in [0.1, 0.15) is 0 Å². The summed E-state index contributed by atoms with van der Waals surface area (Å²) in [6, 6.07) is 0. The molecule has 1 heterocycles. The molecule has 0 saturated heterocycles. The van der Waals surface area contributed by atoms with Gasteiger partial charge in [-0.15, -0.1) is 0 Å². The largest absolute Gasteiger partial charge is 0.375 e. The Hall–Kier alpha value is -1.73. The molecule has 0 aromatic rings. The molecule has 0 aromatic heterocycles. The number of rotatable bonds is 10. The van der Waals surface area contributed by atoms with Crippen LogP contribution in [0.4, 0.5) is 0 Å². The summed E-state index contributed by atoms with van der Waals surface area (Å²) in [4.78, 5) is 36.0. The molecule has 1 aliphatic heterocycles. The Kier molecular flexibility index (Phi) is 7.10. The lowest BCUT2D eigenvalue weighted by Gasteiger charge is -2.30. The Balaban J connectivity index is 2.33. The van der Waals surface area contributed by atoms with Crippen LogP contribution in [0, 0.1) is 0 Å². The average molecular weight is 339 g/mol. The van der Waals surface area contributed by atoms with Crippen LogP contribution in [0.1, 0.15) is 47.0 Å². The first kappa shape index (κ1) is 20.3. The van der Waals surface area contributed by atoms with Crippen LogP contribution >= 0.6 is 0 Å². The number of nitrogens with zero attached hydrogens (tertiary/aromatic N) is 1. The molecule has 0 fully saturated rings. The third-order valence-corrected chi connectivity index (χ3v) is 3.91. The highest BCUT2D eigenvalue weighted by Crippen LogP contribution is 2.16. The van der Waals surface area contributed by atoms with Crippen molar-refractivity contribution in [1.29, 1.82) is 0 Å². The molecule has 3 amide bonds. The molecule has 3 N–H and O–H groups in total. The molecule has 0 bridgehead atoms. The number of imide groups is 1. The van der Waals surface area contributed by atoms with Gasteiger partial charge in [-0.3, -0.25) is 19.3 Å². The summed E-state index contributed by atoms with van der Waals surface area (Å²) in [6.45, 7) is 8.97. The van der Waals surface area contributed by atoms with Gasteiger partial charge in [-0.25, -0.2) is 0 Å². The molecule has 1 aliphatic rings. The standard InChI is InChI=1S/C17H29N3O4/c1-16(2,9-12-24-17(3,4)8-10-18)19-13(21)7-11-20-14(22)5-6-15(20)23/h5-6H,7-12,18H2,1-4H3,(H,19,21). The summed E-state index contributed by atoms with van der Waals surface area (Å²) < 4.78 is 5.82. The topological polar surface area (TPSA) is 102 Å². The molecule has 0 unspecified atom stereocenters. The fourth-order valence-electron chi connectivity index (χ4n) is 2.37. The third kappa shape index (κ3) is 6.80. The maximum absolute atomic E-state index is 12.1. The summed E-state index contributed by atoms with van der Waals surface area (Å²) >= 11 is 0. The Labute approximate surface area is 143 Å². The van der Waals surface area contributed by atoms with E-state index < -0.39 is 5.54 Å². The van der Waals surface area contributed by atoms with Crippen LogP contribution in [-0.4, -0.2) is 53.5 Å². The van der Waals surface area contributed by atoms with Gasteiger partial charge in [0.2, 0.25) is 5.91 Å². The van der Waals surface area contributed by atoms with Crippen LogP contribution < -0.4 is 11.1 Å². The smallest absolute Gasteiger partial charge is 0.253 e. The summed E-state index contributed by atoms with van der Waals surface area (Å²) in [5, 5.41) is 2.91. The predicted octanol–water partition coefficient (Wildman–Crippen LogP) is 0.730. The van der Waals surface area contributed by atoms with Gasteiger partial charge in [0, 0.05) is 37.3 Å². The van der Waals surface area contributed by atoms with Gasteiger partial charge in [-0.05, 0) is 47.1 Å². The van der Waals surface area contributed by atoms with Crippen molar-refractivity contribution >= 4 is 17.7 Å². The Morgan fingerprint density at radius 1 is 1.17 bits per heavy atom. The molecule has 0 radical (unpaired) electrons. The minimum atomic E-state index is -0.437. The lowest BCUT2D eigenvalue weighted by Crippen LogP contribution is -2.46. The van der Waals surface area contributed by atoms with Crippen LogP contribution in [0.5, 0.6) is 0 Å². The normalized spacial score (nSPS) is 15.3. The highest BCUT2D eigenvalue weighted by molar-refractivity contribution is 6.13. The van der Waals surface area contributed by atoms with Crippen LogP contribution in [0.3, 0.4) is 0 Å². The van der Waals surface area contributed by atoms with Crippen molar-refractivity contribution in [3.63, 3.8) is 0 Å². The van der Waals surface area contributed by atoms with Crippen molar-refractivity contribution in [3.05, 3.63) is 12.2 Å². The zero-order chi connectivity index (χ0) is 18.4. The second-order valence-corrected chi connectivity index (χ2v) is 7.24. The van der Waals surface area contributed by atoms with Crippen molar-refractivity contribution in [2.75, 3.05) is 19.7 Å². The van der Waals surface area contributed by atoms with Crippen molar-refractivity contribution in [1.82, 2.24) is 10.2 Å². The molecule has 0 aliphatic carbocycles.